The van der Waals surface area contributed by atoms with Gasteiger partial charge < -0.3 is 10.2 Å². The molecule has 1 N–H and O–H groups in total. The highest BCUT2D eigenvalue weighted by atomic mass is 32.1. The zero-order valence-electron chi connectivity index (χ0n) is 12.8. The van der Waals surface area contributed by atoms with Gasteiger partial charge in [0.1, 0.15) is 0 Å². The van der Waals surface area contributed by atoms with Crippen LogP contribution in [0.5, 0.6) is 0 Å². The van der Waals surface area contributed by atoms with E-state index in [1.54, 1.807) is 22.7 Å². The smallest absolute Gasteiger partial charge is 0.316 e. The number of thiophene rings is 1. The molecule has 1 aliphatic rings. The second-order valence-corrected chi connectivity index (χ2v) is 8.05. The second kappa shape index (κ2) is 5.94. The average molecular weight is 343 g/mol. The predicted molar refractivity (Wildman–Crippen MR) is 96.3 cm³/mol. The van der Waals surface area contributed by atoms with Gasteiger partial charge in [-0.3, -0.25) is 0 Å². The predicted octanol–water partition coefficient (Wildman–Crippen LogP) is 4.86. The number of nitrogens with zero attached hydrogens (tertiary/aromatic N) is 2. The molecule has 0 aliphatic heterocycles. The van der Waals surface area contributed by atoms with Gasteiger partial charge in [0, 0.05) is 16.6 Å². The van der Waals surface area contributed by atoms with Gasteiger partial charge in [-0.05, 0) is 49.4 Å². The molecule has 23 heavy (non-hydrogen) atoms. The second-order valence-electron chi connectivity index (χ2n) is 5.78. The molecule has 1 aliphatic carbocycles. The van der Waals surface area contributed by atoms with Crippen molar-refractivity contribution in [3.8, 4) is 0 Å². The summed E-state index contributed by atoms with van der Waals surface area (Å²) in [6, 6.07) is 10.4. The number of fused-ring (bicyclic) bond motifs is 1. The molecule has 6 heteroatoms. The van der Waals surface area contributed by atoms with Crippen LogP contribution in [0.2, 0.25) is 0 Å². The Morgan fingerprint density at radius 2 is 2.26 bits per heavy atom. The first kappa shape index (κ1) is 14.7. The van der Waals surface area contributed by atoms with Crippen molar-refractivity contribution in [1.29, 1.82) is 0 Å². The van der Waals surface area contributed by atoms with Crippen molar-refractivity contribution >= 4 is 44.6 Å². The zero-order valence-corrected chi connectivity index (χ0v) is 14.4. The van der Waals surface area contributed by atoms with Gasteiger partial charge in [0.2, 0.25) is 0 Å². The van der Waals surface area contributed by atoms with Crippen LogP contribution in [-0.2, 0) is 6.54 Å². The molecule has 118 valence electrons. The Balaban J connectivity index is 1.51. The largest absolute Gasteiger partial charge is 0.322 e. The van der Waals surface area contributed by atoms with E-state index in [1.807, 2.05) is 36.1 Å². The van der Waals surface area contributed by atoms with Crippen LogP contribution in [0, 0.1) is 6.92 Å². The van der Waals surface area contributed by atoms with Gasteiger partial charge in [-0.2, -0.15) is 0 Å². The van der Waals surface area contributed by atoms with E-state index >= 15 is 0 Å². The summed E-state index contributed by atoms with van der Waals surface area (Å²) in [5.74, 6) is 0. The zero-order chi connectivity index (χ0) is 15.8. The maximum atomic E-state index is 12.7. The monoisotopic (exact) mass is 343 g/mol. The van der Waals surface area contributed by atoms with E-state index in [2.05, 4.69) is 21.7 Å². The van der Waals surface area contributed by atoms with Crippen LogP contribution in [0.25, 0.3) is 10.2 Å². The van der Waals surface area contributed by atoms with E-state index < -0.39 is 0 Å². The van der Waals surface area contributed by atoms with Crippen LogP contribution in [0.4, 0.5) is 10.5 Å². The highest BCUT2D eigenvalue weighted by molar-refractivity contribution is 7.18. The number of benzene rings is 1. The van der Waals surface area contributed by atoms with Crippen LogP contribution in [0.15, 0.2) is 35.7 Å². The number of carbonyl (C=O) groups is 1. The number of hydrogen-bond acceptors (Lipinski definition) is 4. The Morgan fingerprint density at radius 3 is 3.00 bits per heavy atom. The lowest BCUT2D eigenvalue weighted by atomic mass is 10.3. The number of rotatable bonds is 4. The Hall–Kier alpha value is -1.92. The van der Waals surface area contributed by atoms with Crippen LogP contribution in [-0.4, -0.2) is 22.0 Å². The highest BCUT2D eigenvalue weighted by Gasteiger charge is 2.32. The number of aryl methyl sites for hydroxylation is 1. The molecule has 1 fully saturated rings. The molecular weight excluding hydrogens is 326 g/mol. The van der Waals surface area contributed by atoms with Gasteiger partial charge in [-0.1, -0.05) is 6.07 Å². The first-order chi connectivity index (χ1) is 11.2. The summed E-state index contributed by atoms with van der Waals surface area (Å²) in [7, 11) is 0. The molecule has 0 unspecified atom stereocenters. The standard InChI is InChI=1S/C17H17N3OS2/c1-11-18-15-7-4-12(9-16(15)23-11)19-17(21)20(13-5-6-13)10-14-3-2-8-22-14/h2-4,7-9,13H,5-6,10H2,1H3,(H,19,21). The molecule has 2 aromatic heterocycles. The summed E-state index contributed by atoms with van der Waals surface area (Å²) in [6.07, 6.45) is 2.21. The Bertz CT molecular complexity index is 837. The minimum absolute atomic E-state index is 0.0125. The van der Waals surface area contributed by atoms with E-state index in [4.69, 9.17) is 0 Å². The molecule has 1 saturated carbocycles. The summed E-state index contributed by atoms with van der Waals surface area (Å²) >= 11 is 3.35. The van der Waals surface area contributed by atoms with Crippen molar-refractivity contribution in [2.75, 3.05) is 5.32 Å². The molecular formula is C17H17N3OS2. The van der Waals surface area contributed by atoms with Crippen molar-refractivity contribution in [3.05, 3.63) is 45.6 Å². The van der Waals surface area contributed by atoms with Crippen molar-refractivity contribution in [3.63, 3.8) is 0 Å². The number of amides is 2. The maximum absolute atomic E-state index is 12.7. The molecule has 2 amide bonds. The molecule has 0 saturated heterocycles. The fourth-order valence-corrected chi connectivity index (χ4v) is 4.21. The highest BCUT2D eigenvalue weighted by Crippen LogP contribution is 2.30. The molecule has 4 rings (SSSR count). The summed E-state index contributed by atoms with van der Waals surface area (Å²) in [4.78, 5) is 20.3. The lowest BCUT2D eigenvalue weighted by Gasteiger charge is -2.22. The van der Waals surface area contributed by atoms with Gasteiger partial charge in [0.15, 0.2) is 0 Å². The van der Waals surface area contributed by atoms with Crippen LogP contribution >= 0.6 is 22.7 Å². The van der Waals surface area contributed by atoms with Gasteiger partial charge in [-0.15, -0.1) is 22.7 Å². The van der Waals surface area contributed by atoms with Gasteiger partial charge in [0.25, 0.3) is 0 Å². The van der Waals surface area contributed by atoms with Gasteiger partial charge in [0.05, 0.1) is 21.8 Å². The molecule has 1 aromatic carbocycles. The SMILES string of the molecule is Cc1nc2ccc(NC(=O)N(Cc3cccs3)C3CC3)cc2s1. The lowest BCUT2D eigenvalue weighted by molar-refractivity contribution is 0.206. The summed E-state index contributed by atoms with van der Waals surface area (Å²) in [6.45, 7) is 2.69. The molecule has 0 atom stereocenters. The lowest BCUT2D eigenvalue weighted by Crippen LogP contribution is -2.36. The van der Waals surface area contributed by atoms with Gasteiger partial charge in [-0.25, -0.2) is 9.78 Å². The van der Waals surface area contributed by atoms with E-state index in [1.165, 1.54) is 4.88 Å². The minimum atomic E-state index is -0.0125. The number of hydrogen-bond donors (Lipinski definition) is 1. The van der Waals surface area contributed by atoms with Crippen LogP contribution < -0.4 is 5.32 Å². The van der Waals surface area contributed by atoms with Crippen molar-refractivity contribution in [2.45, 2.75) is 32.4 Å². The van der Waals surface area contributed by atoms with E-state index in [0.717, 1.165) is 33.8 Å². The fourth-order valence-electron chi connectivity index (χ4n) is 2.64. The number of anilines is 1. The molecule has 3 aromatic rings. The maximum Gasteiger partial charge on any atom is 0.322 e. The number of thiazole rings is 1. The van der Waals surface area contributed by atoms with Gasteiger partial charge >= 0.3 is 6.03 Å². The summed E-state index contributed by atoms with van der Waals surface area (Å²) in [5, 5.41) is 6.14. The average Bonchev–Trinajstić information content (AvgIpc) is 3.09. The third-order valence-electron chi connectivity index (χ3n) is 3.90. The molecule has 0 bridgehead atoms. The Labute approximate surface area is 142 Å². The first-order valence-corrected chi connectivity index (χ1v) is 9.36. The molecule has 0 radical (unpaired) electrons. The minimum Gasteiger partial charge on any atom is -0.316 e. The Kier molecular flexibility index (Phi) is 3.79. The quantitative estimate of drug-likeness (QED) is 0.735. The third kappa shape index (κ3) is 3.23. The van der Waals surface area contributed by atoms with E-state index in [-0.39, 0.29) is 6.03 Å². The van der Waals surface area contributed by atoms with Crippen LogP contribution in [0.3, 0.4) is 0 Å². The topological polar surface area (TPSA) is 45.2 Å². The van der Waals surface area contributed by atoms with Crippen molar-refractivity contribution in [1.82, 2.24) is 9.88 Å². The normalized spacial score (nSPS) is 14.1. The van der Waals surface area contributed by atoms with E-state index in [0.29, 0.717) is 12.6 Å². The van der Waals surface area contributed by atoms with Crippen molar-refractivity contribution < 1.29 is 4.79 Å². The first-order valence-electron chi connectivity index (χ1n) is 7.66. The molecule has 4 nitrogen and oxygen atoms in total. The summed E-state index contributed by atoms with van der Waals surface area (Å²) in [5.41, 5.74) is 1.83. The number of carbonyl (C=O) groups excluding carboxylic acids is 1. The number of nitrogens with one attached hydrogen (secondary N) is 1. The van der Waals surface area contributed by atoms with E-state index in [9.17, 15) is 4.79 Å². The van der Waals surface area contributed by atoms with Crippen LogP contribution in [0.1, 0.15) is 22.7 Å². The molecule has 0 spiro atoms. The molecule has 2 heterocycles. The fraction of sp³-hybridized carbons (Fsp3) is 0.294. The third-order valence-corrected chi connectivity index (χ3v) is 5.70. The Morgan fingerprint density at radius 1 is 1.39 bits per heavy atom. The number of aromatic nitrogens is 1. The summed E-state index contributed by atoms with van der Waals surface area (Å²) < 4.78 is 1.11. The number of urea groups is 1. The van der Waals surface area contributed by atoms with Crippen molar-refractivity contribution in [2.24, 2.45) is 0 Å².